The second-order valence-corrected chi connectivity index (χ2v) is 1.85. The molecule has 0 saturated carbocycles. The summed E-state index contributed by atoms with van der Waals surface area (Å²) < 4.78 is 31.9. The third-order valence-electron chi connectivity index (χ3n) is 0. The molecule has 0 aliphatic heterocycles. The van der Waals surface area contributed by atoms with Crippen LogP contribution in [0.3, 0.4) is 0 Å². The van der Waals surface area contributed by atoms with Crippen LogP contribution in [0.25, 0.3) is 0 Å². The molecule has 0 atom stereocenters. The van der Waals surface area contributed by atoms with Gasteiger partial charge in [-0.3, -0.25) is 0 Å². The van der Waals surface area contributed by atoms with Crippen molar-refractivity contribution in [1.82, 2.24) is 0 Å². The van der Waals surface area contributed by atoms with Crippen molar-refractivity contribution in [2.24, 2.45) is 0 Å². The first kappa shape index (κ1) is 44.0. The quantitative estimate of drug-likeness (QED) is 0.432. The van der Waals surface area contributed by atoms with Gasteiger partial charge in [0.25, 0.3) is 0 Å². The van der Waals surface area contributed by atoms with Gasteiger partial charge in [0, 0.05) is 0 Å². The molecule has 0 aromatic carbocycles. The summed E-state index contributed by atoms with van der Waals surface area (Å²) in [7, 11) is 0. The van der Waals surface area contributed by atoms with E-state index >= 15 is 0 Å². The standard InChI is InChI=1S/2Al.Cr.2H2O.5O/h;;;2*1H2;;;;;/q2*+3;+2;;;;;3*-2/p-2. The predicted octanol–water partition coefficient (Wildman–Crippen LogP) is -2.47. The summed E-state index contributed by atoms with van der Waals surface area (Å²) in [6.07, 6.45) is 0. The zero-order valence-corrected chi connectivity index (χ0v) is 8.08. The van der Waals surface area contributed by atoms with Crippen molar-refractivity contribution in [3.63, 3.8) is 0 Å². The van der Waals surface area contributed by atoms with Crippen molar-refractivity contribution in [3.8, 4) is 0 Å². The molecule has 0 amide bonds. The molecule has 0 fully saturated rings. The molecule has 10 heteroatoms. The van der Waals surface area contributed by atoms with Crippen LogP contribution in [0.2, 0.25) is 0 Å². The molecule has 2 N–H and O–H groups in total. The summed E-state index contributed by atoms with van der Waals surface area (Å²) in [6.45, 7) is 0. The summed E-state index contributed by atoms with van der Waals surface area (Å²) in [5.41, 5.74) is 0. The Balaban J connectivity index is -0.00000000800. The average Bonchev–Trinajstić information content (AvgIpc) is 0.722. The first-order chi connectivity index (χ1) is 2.00. The van der Waals surface area contributed by atoms with Crippen LogP contribution in [-0.2, 0) is 37.6 Å². The third kappa shape index (κ3) is 578. The second-order valence-electron chi connectivity index (χ2n) is 0.448. The summed E-state index contributed by atoms with van der Waals surface area (Å²) in [5.74, 6) is 0. The zero-order chi connectivity index (χ0) is 4.50. The Kier molecular flexibility index (Phi) is 72.7. The van der Waals surface area contributed by atoms with Crippen LogP contribution in [0.4, 0.5) is 0 Å². The molecule has 0 aliphatic rings. The fourth-order valence-corrected chi connectivity index (χ4v) is 0. The maximum atomic E-state index is 8.82. The van der Waals surface area contributed by atoms with Crippen LogP contribution in [0, 0.1) is 0 Å². The van der Waals surface area contributed by atoms with Gasteiger partial charge >= 0.3 is 64.3 Å². The van der Waals surface area contributed by atoms with Crippen LogP contribution in [0.15, 0.2) is 0 Å². The van der Waals surface area contributed by atoms with Gasteiger partial charge in [0.05, 0.1) is 0 Å². The van der Waals surface area contributed by atoms with Crippen LogP contribution in [-0.4, -0.2) is 43.0 Å². The molecule has 0 rings (SSSR count). The van der Waals surface area contributed by atoms with Crippen LogP contribution in [0.5, 0.6) is 0 Å². The van der Waals surface area contributed by atoms with E-state index in [2.05, 4.69) is 0 Å². The first-order valence-corrected chi connectivity index (χ1v) is 2.88. The van der Waals surface area contributed by atoms with Crippen LogP contribution >= 0.6 is 0 Å². The van der Waals surface area contributed by atoms with E-state index in [-0.39, 0.29) is 51.2 Å². The van der Waals surface area contributed by atoms with Gasteiger partial charge in [-0.15, -0.1) is 0 Å². The van der Waals surface area contributed by atoms with Gasteiger partial charge in [-0.1, -0.05) is 0 Å². The summed E-state index contributed by atoms with van der Waals surface area (Å²) >= 11 is -5.25. The molecule has 0 aliphatic carbocycles. The third-order valence-corrected chi connectivity index (χ3v) is 0. The van der Waals surface area contributed by atoms with E-state index in [1.54, 1.807) is 0 Å². The van der Waals surface area contributed by atoms with Gasteiger partial charge in [-0.25, -0.2) is 0 Å². The molecule has 0 unspecified atom stereocenters. The van der Waals surface area contributed by atoms with E-state index in [1.807, 2.05) is 0 Å². The fourth-order valence-electron chi connectivity index (χ4n) is 0. The Bertz CT molecular complexity index is 94.8. The molecule has 0 spiro atoms. The average molecular weight is 220 g/mol. The molecule has 0 saturated heterocycles. The van der Waals surface area contributed by atoms with E-state index in [0.29, 0.717) is 0 Å². The Hall–Kier alpha value is 0.997. The molecule has 0 aromatic heterocycles. The fraction of sp³-hybridized carbons (Fsp3) is 0. The molecule has 0 heterocycles. The van der Waals surface area contributed by atoms with E-state index in [0.717, 1.165) is 0 Å². The Morgan fingerprint density at radius 3 is 0.800 bits per heavy atom. The van der Waals surface area contributed by atoms with Crippen LogP contribution in [0.1, 0.15) is 0 Å². The molecule has 56 valence electrons. The number of hydrogen-bond acceptors (Lipinski definition) is 2. The van der Waals surface area contributed by atoms with Gasteiger partial charge in [-0.2, -0.15) is 0 Å². The van der Waals surface area contributed by atoms with Crippen molar-refractivity contribution >= 4 is 34.7 Å². The maximum absolute atomic E-state index is 8.82. The summed E-state index contributed by atoms with van der Waals surface area (Å²) in [5, 5.41) is 0. The molecule has 10 heavy (non-hydrogen) atoms. The van der Waals surface area contributed by atoms with Crippen molar-refractivity contribution in [2.45, 2.75) is 0 Å². The van der Waals surface area contributed by atoms with Gasteiger partial charge in [0.15, 0.2) is 0 Å². The van der Waals surface area contributed by atoms with Crippen molar-refractivity contribution in [2.75, 3.05) is 0 Å². The number of hydrogen-bond donors (Lipinski definition) is 2. The van der Waals surface area contributed by atoms with Gasteiger partial charge in [0.1, 0.15) is 0 Å². The molecular weight excluding hydrogens is 218 g/mol. The van der Waals surface area contributed by atoms with Gasteiger partial charge < -0.3 is 16.4 Å². The monoisotopic (exact) mass is 220 g/mol. The van der Waals surface area contributed by atoms with Crippen molar-refractivity contribution < 1.29 is 46.0 Å². The topological polar surface area (TPSA) is 160 Å². The Morgan fingerprint density at radius 2 is 0.800 bits per heavy atom. The Labute approximate surface area is 80.6 Å². The predicted molar refractivity (Wildman–Crippen MR) is 19.4 cm³/mol. The molecular formula is H2Al2CrO7. The minimum atomic E-state index is -5.25. The van der Waals surface area contributed by atoms with Gasteiger partial charge in [-0.05, 0) is 0 Å². The molecule has 7 nitrogen and oxygen atoms in total. The van der Waals surface area contributed by atoms with E-state index < -0.39 is 13.6 Å². The van der Waals surface area contributed by atoms with E-state index in [1.165, 1.54) is 0 Å². The van der Waals surface area contributed by atoms with Crippen LogP contribution < -0.4 is 0 Å². The minimum absolute atomic E-state index is 0. The first-order valence-electron chi connectivity index (χ1n) is 0.698. The zero-order valence-electron chi connectivity index (χ0n) is 4.50. The summed E-state index contributed by atoms with van der Waals surface area (Å²) in [6, 6.07) is 0. The summed E-state index contributed by atoms with van der Waals surface area (Å²) in [4.78, 5) is 0. The van der Waals surface area contributed by atoms with E-state index in [9.17, 15) is 0 Å². The Morgan fingerprint density at radius 1 is 0.800 bits per heavy atom. The molecule has 0 aromatic rings. The van der Waals surface area contributed by atoms with Crippen molar-refractivity contribution in [3.05, 3.63) is 0 Å². The SMILES string of the molecule is [Al+3].[Al+3].[O-2].[O-2].[O-2].[O]=[Cr](=[O])([OH])[OH]. The molecule has 0 bridgehead atoms. The normalized spacial score (nSPS) is 5.80. The van der Waals surface area contributed by atoms with Crippen molar-refractivity contribution in [1.29, 1.82) is 0 Å². The molecule has 0 radical (unpaired) electrons. The second kappa shape index (κ2) is 16.5. The number of rotatable bonds is 0. The van der Waals surface area contributed by atoms with Gasteiger partial charge in [0.2, 0.25) is 0 Å². The van der Waals surface area contributed by atoms with E-state index in [4.69, 9.17) is 15.9 Å².